The van der Waals surface area contributed by atoms with E-state index in [1.54, 1.807) is 19.3 Å². The summed E-state index contributed by atoms with van der Waals surface area (Å²) >= 11 is 5.86. The summed E-state index contributed by atoms with van der Waals surface area (Å²) in [6.07, 6.45) is 8.64. The molecular weight excluding hydrogens is 466 g/mol. The third-order valence-electron chi connectivity index (χ3n) is 6.48. The average molecular weight is 490 g/mol. The predicted octanol–water partition coefficient (Wildman–Crippen LogP) is 3.33. The van der Waals surface area contributed by atoms with Crippen molar-refractivity contribution in [2.24, 2.45) is 5.41 Å². The quantitative estimate of drug-likeness (QED) is 0.510. The van der Waals surface area contributed by atoms with Gasteiger partial charge in [-0.15, -0.1) is 10.2 Å². The minimum Gasteiger partial charge on any atom is -0.372 e. The highest BCUT2D eigenvalue weighted by atomic mass is 35.5. The summed E-state index contributed by atoms with van der Waals surface area (Å²) in [5, 5.41) is 7.90. The van der Waals surface area contributed by atoms with Crippen molar-refractivity contribution in [1.29, 1.82) is 0 Å². The molecule has 0 radical (unpaired) electrons. The number of nitrogens with zero attached hydrogens (tertiary/aromatic N) is 6. The lowest BCUT2D eigenvalue weighted by atomic mass is 10.2. The first-order chi connectivity index (χ1) is 15.7. The monoisotopic (exact) mass is 489 g/mol. The molecule has 1 spiro atoms. The fraction of sp³-hybridized carbons (Fsp3) is 0.476. The van der Waals surface area contributed by atoms with E-state index >= 15 is 0 Å². The van der Waals surface area contributed by atoms with Gasteiger partial charge in [-0.1, -0.05) is 11.6 Å². The van der Waals surface area contributed by atoms with Crippen molar-refractivity contribution in [2.45, 2.75) is 50.5 Å². The lowest BCUT2D eigenvalue weighted by Gasteiger charge is -2.22. The van der Waals surface area contributed by atoms with Crippen LogP contribution in [0.15, 0.2) is 30.9 Å². The summed E-state index contributed by atoms with van der Waals surface area (Å²) < 4.78 is 36.7. The van der Waals surface area contributed by atoms with Crippen LogP contribution in [0.25, 0.3) is 11.4 Å². The number of rotatable bonds is 8. The first-order valence-corrected chi connectivity index (χ1v) is 12.6. The average Bonchev–Trinajstić information content (AvgIpc) is 3.68. The number of aromatic nitrogens is 6. The first kappa shape index (κ1) is 22.2. The van der Waals surface area contributed by atoms with Gasteiger partial charge >= 0.3 is 0 Å². The number of ether oxygens (including phenoxy) is 1. The molecule has 0 aromatic carbocycles. The molecule has 3 atom stereocenters. The van der Waals surface area contributed by atoms with Crippen LogP contribution >= 0.6 is 11.6 Å². The Bertz CT molecular complexity index is 1290. The zero-order chi connectivity index (χ0) is 23.4. The molecule has 1 N–H and O–H groups in total. The lowest BCUT2D eigenvalue weighted by molar-refractivity contribution is 0.0950. The number of hydrogen-bond acceptors (Lipinski definition) is 8. The summed E-state index contributed by atoms with van der Waals surface area (Å²) in [7, 11) is -2.51. The third kappa shape index (κ3) is 4.09. The second-order valence-corrected chi connectivity index (χ2v) is 11.3. The lowest BCUT2D eigenvalue weighted by Crippen LogP contribution is -2.33. The van der Waals surface area contributed by atoms with Gasteiger partial charge in [0.25, 0.3) is 0 Å². The van der Waals surface area contributed by atoms with Gasteiger partial charge in [-0.25, -0.2) is 18.4 Å². The summed E-state index contributed by atoms with van der Waals surface area (Å²) in [6.45, 7) is 3.49. The second-order valence-electron chi connectivity index (χ2n) is 8.82. The minimum absolute atomic E-state index is 0.161. The third-order valence-corrected chi connectivity index (χ3v) is 8.37. The van der Waals surface area contributed by atoms with Crippen LogP contribution < -0.4 is 4.72 Å². The van der Waals surface area contributed by atoms with Crippen molar-refractivity contribution in [3.8, 4) is 11.4 Å². The van der Waals surface area contributed by atoms with Crippen molar-refractivity contribution in [2.75, 3.05) is 11.8 Å². The largest absolute Gasteiger partial charge is 0.372 e. The summed E-state index contributed by atoms with van der Waals surface area (Å²) in [5.41, 5.74) is 2.03. The molecule has 0 bridgehead atoms. The molecular formula is C21H24ClN7O3S. The number of aryl methyl sites for hydroxylation is 1. The van der Waals surface area contributed by atoms with Gasteiger partial charge in [0.1, 0.15) is 11.4 Å². The Labute approximate surface area is 196 Å². The Morgan fingerprint density at radius 2 is 1.94 bits per heavy atom. The van der Waals surface area contributed by atoms with Crippen LogP contribution in [0.4, 0.5) is 5.95 Å². The van der Waals surface area contributed by atoms with E-state index in [0.29, 0.717) is 10.8 Å². The molecule has 2 fully saturated rings. The van der Waals surface area contributed by atoms with Crippen LogP contribution in [0, 0.1) is 12.3 Å². The summed E-state index contributed by atoms with van der Waals surface area (Å²) in [6, 6.07) is 2.13. The van der Waals surface area contributed by atoms with E-state index in [-0.39, 0.29) is 23.2 Å². The van der Waals surface area contributed by atoms with Gasteiger partial charge in [-0.2, -0.15) is 0 Å². The smallest absolute Gasteiger partial charge is 0.240 e. The van der Waals surface area contributed by atoms with Crippen LogP contribution in [0.1, 0.15) is 49.7 Å². The van der Waals surface area contributed by atoms with Crippen molar-refractivity contribution < 1.29 is 13.2 Å². The van der Waals surface area contributed by atoms with Gasteiger partial charge in [0.2, 0.25) is 16.0 Å². The SMILES string of the molecule is CO[C@H](c1ncc(Cl)cn1)[C@H](C)S(=O)(=O)Nc1nnc(-c2cncc(C)c2)n1[C@H]1CC12CC2. The van der Waals surface area contributed by atoms with Crippen LogP contribution in [0.3, 0.4) is 0 Å². The highest BCUT2D eigenvalue weighted by Gasteiger charge is 2.65. The predicted molar refractivity (Wildman–Crippen MR) is 122 cm³/mol. The van der Waals surface area contributed by atoms with Gasteiger partial charge in [-0.05, 0) is 50.2 Å². The molecule has 5 rings (SSSR count). The van der Waals surface area contributed by atoms with E-state index in [2.05, 4.69) is 29.9 Å². The topological polar surface area (TPSA) is 125 Å². The maximum atomic E-state index is 13.3. The highest BCUT2D eigenvalue weighted by Crippen LogP contribution is 2.73. The number of anilines is 1. The van der Waals surface area contributed by atoms with Crippen LogP contribution in [0.5, 0.6) is 0 Å². The van der Waals surface area contributed by atoms with Crippen molar-refractivity contribution in [3.05, 3.63) is 47.3 Å². The molecule has 2 aliphatic carbocycles. The minimum atomic E-state index is -3.93. The number of pyridine rings is 1. The van der Waals surface area contributed by atoms with Gasteiger partial charge in [-0.3, -0.25) is 14.3 Å². The Balaban J connectivity index is 1.47. The van der Waals surface area contributed by atoms with Crippen molar-refractivity contribution in [1.82, 2.24) is 29.7 Å². The number of nitrogens with one attached hydrogen (secondary N) is 1. The normalized spacial score (nSPS) is 20.4. The molecule has 3 heterocycles. The van der Waals surface area contributed by atoms with Crippen LogP contribution in [0.2, 0.25) is 5.02 Å². The van der Waals surface area contributed by atoms with Gasteiger partial charge in [0, 0.05) is 43.5 Å². The van der Waals surface area contributed by atoms with Crippen LogP contribution in [-0.2, 0) is 14.8 Å². The molecule has 174 valence electrons. The maximum Gasteiger partial charge on any atom is 0.240 e. The number of sulfonamides is 1. The fourth-order valence-electron chi connectivity index (χ4n) is 4.28. The van der Waals surface area contributed by atoms with Gasteiger partial charge in [0.05, 0.1) is 5.02 Å². The molecule has 12 heteroatoms. The summed E-state index contributed by atoms with van der Waals surface area (Å²) in [4.78, 5) is 12.5. The second kappa shape index (κ2) is 8.00. The molecule has 33 heavy (non-hydrogen) atoms. The van der Waals surface area contributed by atoms with Crippen LogP contribution in [-0.4, -0.2) is 50.5 Å². The molecule has 3 aromatic heterocycles. The highest BCUT2D eigenvalue weighted by molar-refractivity contribution is 7.93. The molecule has 2 saturated carbocycles. The van der Waals surface area contributed by atoms with Gasteiger partial charge < -0.3 is 4.74 Å². The van der Waals surface area contributed by atoms with E-state index in [0.717, 1.165) is 30.4 Å². The molecule has 10 nitrogen and oxygen atoms in total. The van der Waals surface area contributed by atoms with E-state index in [4.69, 9.17) is 16.3 Å². The summed E-state index contributed by atoms with van der Waals surface area (Å²) in [5.74, 6) is 1.03. The Hall–Kier alpha value is -2.63. The Kier molecular flexibility index (Phi) is 5.37. The zero-order valence-electron chi connectivity index (χ0n) is 18.4. The maximum absolute atomic E-state index is 13.3. The zero-order valence-corrected chi connectivity index (χ0v) is 20.0. The van der Waals surface area contributed by atoms with E-state index in [9.17, 15) is 8.42 Å². The number of hydrogen-bond donors (Lipinski definition) is 1. The van der Waals surface area contributed by atoms with Crippen molar-refractivity contribution in [3.63, 3.8) is 0 Å². The molecule has 0 saturated heterocycles. The standard InChI is InChI=1S/C21H24ClN7O3S/c1-12-6-14(9-23-8-12)19-26-27-20(29(19)16-7-21(16)4-5-21)28-33(30,31)13(2)17(32-3)18-24-10-15(22)11-25-18/h6,8-11,13,16-17H,4-5,7H2,1-3H3,(H,27,28)/t13-,16-,17-/m0/s1. The number of halogens is 1. The Morgan fingerprint density at radius 3 is 2.55 bits per heavy atom. The molecule has 2 aliphatic rings. The Morgan fingerprint density at radius 1 is 1.21 bits per heavy atom. The molecule has 0 amide bonds. The van der Waals surface area contributed by atoms with Crippen molar-refractivity contribution >= 4 is 27.6 Å². The molecule has 3 aromatic rings. The first-order valence-electron chi connectivity index (χ1n) is 10.6. The van der Waals surface area contributed by atoms with E-state index < -0.39 is 21.4 Å². The van der Waals surface area contributed by atoms with E-state index in [1.165, 1.54) is 19.5 Å². The molecule has 0 aliphatic heterocycles. The van der Waals surface area contributed by atoms with Gasteiger partial charge in [0.15, 0.2) is 11.6 Å². The molecule has 0 unspecified atom stereocenters. The number of methoxy groups -OCH3 is 1. The van der Waals surface area contributed by atoms with E-state index in [1.807, 2.05) is 17.6 Å². The fourth-order valence-corrected chi connectivity index (χ4v) is 5.51.